The van der Waals surface area contributed by atoms with Crippen molar-refractivity contribution in [1.29, 1.82) is 0 Å². The Hall–Kier alpha value is -3.30. The first-order valence-corrected chi connectivity index (χ1v) is 12.0. The first kappa shape index (κ1) is 21.9. The zero-order valence-electron chi connectivity index (χ0n) is 18.3. The third-order valence-corrected chi connectivity index (χ3v) is 7.47. The van der Waals surface area contributed by atoms with Crippen LogP contribution in [0.5, 0.6) is 0 Å². The summed E-state index contributed by atoms with van der Waals surface area (Å²) >= 11 is 0. The van der Waals surface area contributed by atoms with Crippen molar-refractivity contribution in [3.63, 3.8) is 0 Å². The summed E-state index contributed by atoms with van der Waals surface area (Å²) in [6.45, 7) is 6.57. The highest BCUT2D eigenvalue weighted by molar-refractivity contribution is 7.89. The van der Waals surface area contributed by atoms with Gasteiger partial charge < -0.3 is 5.32 Å². The van der Waals surface area contributed by atoms with Crippen molar-refractivity contribution in [1.82, 2.24) is 23.9 Å². The smallest absolute Gasteiger partial charge is 0.254 e. The molecule has 8 nitrogen and oxygen atoms in total. The van der Waals surface area contributed by atoms with Crippen molar-refractivity contribution in [3.8, 4) is 11.3 Å². The summed E-state index contributed by atoms with van der Waals surface area (Å²) in [5.41, 5.74) is 2.73. The molecule has 9 heteroatoms. The lowest BCUT2D eigenvalue weighted by Gasteiger charge is -2.20. The Labute approximate surface area is 188 Å². The standard InChI is InChI=1S/C23H26N6O2S/c1-4-28(5-2)32(30,31)20-13-11-18(12-14-20)17(3)26-22-15-21(19-9-7-6-8-10-19)27-23-24-16-25-29(22)23/h6-17,26H,4-5H2,1-3H3. The SMILES string of the molecule is CCN(CC)S(=O)(=O)c1ccc(C(C)Nc2cc(-c3ccccc3)nc3ncnn23)cc1. The van der Waals surface area contributed by atoms with Gasteiger partial charge in [0.2, 0.25) is 10.0 Å². The Bertz CT molecular complexity index is 1300. The zero-order chi connectivity index (χ0) is 22.7. The second-order valence-electron chi connectivity index (χ2n) is 7.39. The van der Waals surface area contributed by atoms with Crippen LogP contribution in [0.25, 0.3) is 17.0 Å². The third kappa shape index (κ3) is 4.21. The minimum atomic E-state index is -3.48. The van der Waals surface area contributed by atoms with Crippen LogP contribution in [0.15, 0.2) is 71.9 Å². The maximum atomic E-state index is 12.7. The fourth-order valence-corrected chi connectivity index (χ4v) is 5.08. The molecule has 0 radical (unpaired) electrons. The molecule has 4 rings (SSSR count). The van der Waals surface area contributed by atoms with Crippen molar-refractivity contribution >= 4 is 21.6 Å². The summed E-state index contributed by atoms with van der Waals surface area (Å²) < 4.78 is 28.6. The Morgan fingerprint density at radius 3 is 2.38 bits per heavy atom. The Balaban J connectivity index is 1.62. The van der Waals surface area contributed by atoms with Gasteiger partial charge in [0, 0.05) is 30.8 Å². The minimum Gasteiger partial charge on any atom is -0.363 e. The predicted molar refractivity (Wildman–Crippen MR) is 125 cm³/mol. The molecule has 1 atom stereocenters. The molecule has 0 spiro atoms. The van der Waals surface area contributed by atoms with E-state index in [1.54, 1.807) is 16.6 Å². The quantitative estimate of drug-likeness (QED) is 0.436. The van der Waals surface area contributed by atoms with Gasteiger partial charge in [0.05, 0.1) is 10.6 Å². The van der Waals surface area contributed by atoms with Crippen molar-refractivity contribution < 1.29 is 8.42 Å². The zero-order valence-corrected chi connectivity index (χ0v) is 19.1. The normalized spacial score (nSPS) is 12.9. The van der Waals surface area contributed by atoms with Crippen LogP contribution in [0.2, 0.25) is 0 Å². The molecule has 0 bridgehead atoms. The monoisotopic (exact) mass is 450 g/mol. The van der Waals surface area contributed by atoms with Gasteiger partial charge in [0.15, 0.2) is 0 Å². The number of rotatable bonds is 8. The molecule has 0 aliphatic rings. The lowest BCUT2D eigenvalue weighted by molar-refractivity contribution is 0.445. The number of hydrogen-bond donors (Lipinski definition) is 1. The number of nitrogens with zero attached hydrogens (tertiary/aromatic N) is 5. The van der Waals surface area contributed by atoms with Crippen LogP contribution >= 0.6 is 0 Å². The van der Waals surface area contributed by atoms with E-state index in [9.17, 15) is 8.42 Å². The molecule has 1 N–H and O–H groups in total. The van der Waals surface area contributed by atoms with Crippen LogP contribution in [0.4, 0.5) is 5.82 Å². The van der Waals surface area contributed by atoms with Crippen LogP contribution in [0.3, 0.4) is 0 Å². The van der Waals surface area contributed by atoms with Gasteiger partial charge in [-0.15, -0.1) is 0 Å². The Morgan fingerprint density at radius 2 is 1.72 bits per heavy atom. The second kappa shape index (κ2) is 9.05. The number of anilines is 1. The Morgan fingerprint density at radius 1 is 1.03 bits per heavy atom. The molecule has 2 aromatic heterocycles. The largest absolute Gasteiger partial charge is 0.363 e. The van der Waals surface area contributed by atoms with Crippen molar-refractivity contribution in [2.45, 2.75) is 31.7 Å². The number of nitrogens with one attached hydrogen (secondary N) is 1. The van der Waals surface area contributed by atoms with Crippen LogP contribution in [-0.2, 0) is 10.0 Å². The van der Waals surface area contributed by atoms with E-state index < -0.39 is 10.0 Å². The number of benzene rings is 2. The van der Waals surface area contributed by atoms with Crippen LogP contribution < -0.4 is 5.32 Å². The van der Waals surface area contributed by atoms with E-state index in [4.69, 9.17) is 0 Å². The predicted octanol–water partition coefficient (Wildman–Crippen LogP) is 3.99. The first-order valence-electron chi connectivity index (χ1n) is 10.6. The van der Waals surface area contributed by atoms with E-state index in [1.807, 2.05) is 69.3 Å². The average Bonchev–Trinajstić information content (AvgIpc) is 3.29. The van der Waals surface area contributed by atoms with E-state index in [0.29, 0.717) is 23.8 Å². The van der Waals surface area contributed by atoms with Crippen molar-refractivity contribution in [2.24, 2.45) is 0 Å². The van der Waals surface area contributed by atoms with Crippen molar-refractivity contribution in [2.75, 3.05) is 18.4 Å². The van der Waals surface area contributed by atoms with Crippen LogP contribution in [0, 0.1) is 0 Å². The average molecular weight is 451 g/mol. The van der Waals surface area contributed by atoms with Gasteiger partial charge in [0.1, 0.15) is 12.1 Å². The number of aromatic nitrogens is 4. The minimum absolute atomic E-state index is 0.0985. The van der Waals surface area contributed by atoms with Crippen molar-refractivity contribution in [3.05, 3.63) is 72.6 Å². The highest BCUT2D eigenvalue weighted by Gasteiger charge is 2.21. The Kier molecular flexibility index (Phi) is 6.20. The topological polar surface area (TPSA) is 92.5 Å². The summed E-state index contributed by atoms with van der Waals surface area (Å²) in [4.78, 5) is 9.14. The maximum absolute atomic E-state index is 12.7. The van der Waals surface area contributed by atoms with Gasteiger partial charge in [0.25, 0.3) is 5.78 Å². The van der Waals surface area contributed by atoms with Gasteiger partial charge >= 0.3 is 0 Å². The molecular weight excluding hydrogens is 424 g/mol. The van der Waals surface area contributed by atoms with E-state index >= 15 is 0 Å². The lowest BCUT2D eigenvalue weighted by atomic mass is 10.1. The number of fused-ring (bicyclic) bond motifs is 1. The van der Waals surface area contributed by atoms with Crippen LogP contribution in [-0.4, -0.2) is 45.4 Å². The molecule has 32 heavy (non-hydrogen) atoms. The fourth-order valence-electron chi connectivity index (χ4n) is 3.62. The lowest BCUT2D eigenvalue weighted by Crippen LogP contribution is -2.30. The molecule has 2 heterocycles. The molecular formula is C23H26N6O2S. The first-order chi connectivity index (χ1) is 15.4. The maximum Gasteiger partial charge on any atom is 0.254 e. The van der Waals surface area contributed by atoms with Gasteiger partial charge in [-0.2, -0.15) is 18.9 Å². The molecule has 166 valence electrons. The summed E-state index contributed by atoms with van der Waals surface area (Å²) in [5, 5.41) is 7.74. The third-order valence-electron chi connectivity index (χ3n) is 5.41. The molecule has 0 aliphatic heterocycles. The highest BCUT2D eigenvalue weighted by atomic mass is 32.2. The van der Waals surface area contributed by atoms with E-state index in [1.165, 1.54) is 10.6 Å². The molecule has 0 amide bonds. The van der Waals surface area contributed by atoms with E-state index in [-0.39, 0.29) is 6.04 Å². The van der Waals surface area contributed by atoms with E-state index in [2.05, 4.69) is 20.4 Å². The molecule has 0 saturated heterocycles. The molecule has 1 unspecified atom stereocenters. The molecule has 0 fully saturated rings. The van der Waals surface area contributed by atoms with Gasteiger partial charge in [-0.05, 0) is 24.6 Å². The van der Waals surface area contributed by atoms with Gasteiger partial charge in [-0.3, -0.25) is 0 Å². The second-order valence-corrected chi connectivity index (χ2v) is 9.33. The molecule has 4 aromatic rings. The van der Waals surface area contributed by atoms with E-state index in [0.717, 1.165) is 22.6 Å². The van der Waals surface area contributed by atoms with Gasteiger partial charge in [-0.1, -0.05) is 56.3 Å². The summed E-state index contributed by atoms with van der Waals surface area (Å²) in [5.74, 6) is 1.25. The van der Waals surface area contributed by atoms with Crippen LogP contribution in [0.1, 0.15) is 32.4 Å². The number of hydrogen-bond acceptors (Lipinski definition) is 6. The van der Waals surface area contributed by atoms with Gasteiger partial charge in [-0.25, -0.2) is 13.4 Å². The highest BCUT2D eigenvalue weighted by Crippen LogP contribution is 2.25. The summed E-state index contributed by atoms with van der Waals surface area (Å²) in [6.07, 6.45) is 1.47. The fraction of sp³-hybridized carbons (Fsp3) is 0.261. The molecule has 0 saturated carbocycles. The summed E-state index contributed by atoms with van der Waals surface area (Å²) in [6, 6.07) is 18.7. The number of sulfonamides is 1. The molecule has 0 aliphatic carbocycles. The molecule has 2 aromatic carbocycles. The summed E-state index contributed by atoms with van der Waals surface area (Å²) in [7, 11) is -3.48.